The van der Waals surface area contributed by atoms with Crippen LogP contribution < -0.4 is 10.1 Å². The van der Waals surface area contributed by atoms with Crippen molar-refractivity contribution in [2.45, 2.75) is 13.5 Å². The highest BCUT2D eigenvalue weighted by Crippen LogP contribution is 2.33. The molecule has 0 fully saturated rings. The Morgan fingerprint density at radius 1 is 1.21 bits per heavy atom. The Morgan fingerprint density at radius 3 is 2.66 bits per heavy atom. The molecule has 0 saturated heterocycles. The highest BCUT2D eigenvalue weighted by Gasteiger charge is 2.25. The first-order chi connectivity index (χ1) is 14.0. The van der Waals surface area contributed by atoms with Crippen molar-refractivity contribution >= 4 is 17.5 Å². The maximum absolute atomic E-state index is 14.3. The Hall–Kier alpha value is -2.90. The van der Waals surface area contributed by atoms with Crippen LogP contribution in [0.5, 0.6) is 5.75 Å². The number of halogens is 2. The highest BCUT2D eigenvalue weighted by molar-refractivity contribution is 6.33. The van der Waals surface area contributed by atoms with Crippen molar-refractivity contribution in [3.05, 3.63) is 70.2 Å². The van der Waals surface area contributed by atoms with Gasteiger partial charge in [-0.2, -0.15) is 0 Å². The average Bonchev–Trinajstić information content (AvgIpc) is 3.08. The molecule has 0 atom stereocenters. The Labute approximate surface area is 172 Å². The fourth-order valence-electron chi connectivity index (χ4n) is 2.75. The lowest BCUT2D eigenvalue weighted by atomic mass is 10.0. The average molecular weight is 419 g/mol. The van der Waals surface area contributed by atoms with Crippen LogP contribution in [0.4, 0.5) is 4.39 Å². The Bertz CT molecular complexity index is 969. The number of rotatable bonds is 8. The largest absolute Gasteiger partial charge is 0.491 e. The second-order valence-corrected chi connectivity index (χ2v) is 6.63. The van der Waals surface area contributed by atoms with Crippen LogP contribution in [0.2, 0.25) is 5.02 Å². The van der Waals surface area contributed by atoms with E-state index in [0.717, 1.165) is 5.56 Å². The van der Waals surface area contributed by atoms with E-state index in [1.165, 1.54) is 18.2 Å². The second kappa shape index (κ2) is 9.54. The van der Waals surface area contributed by atoms with Crippen molar-refractivity contribution in [2.24, 2.45) is 0 Å². The van der Waals surface area contributed by atoms with Crippen LogP contribution in [0, 0.1) is 12.7 Å². The van der Waals surface area contributed by atoms with Crippen LogP contribution in [-0.2, 0) is 11.3 Å². The maximum Gasteiger partial charge on any atom is 0.257 e. The summed E-state index contributed by atoms with van der Waals surface area (Å²) in [5.74, 6) is -0.0235. The van der Waals surface area contributed by atoms with Gasteiger partial charge in [0, 0.05) is 13.7 Å². The molecule has 0 aliphatic carbocycles. The molecule has 1 heterocycles. The van der Waals surface area contributed by atoms with E-state index in [0.29, 0.717) is 19.0 Å². The number of benzene rings is 2. The van der Waals surface area contributed by atoms with Crippen LogP contribution in [0.1, 0.15) is 21.7 Å². The third-order valence-corrected chi connectivity index (χ3v) is 4.54. The number of aryl methyl sites for hydroxylation is 1. The fraction of sp³-hybridized carbons (Fsp3) is 0.238. The first-order valence-corrected chi connectivity index (χ1v) is 9.28. The molecule has 0 spiro atoms. The molecular weight excluding hydrogens is 399 g/mol. The van der Waals surface area contributed by atoms with Crippen LogP contribution in [-0.4, -0.2) is 31.4 Å². The quantitative estimate of drug-likeness (QED) is 0.549. The van der Waals surface area contributed by atoms with Crippen LogP contribution in [0.15, 0.2) is 47.0 Å². The summed E-state index contributed by atoms with van der Waals surface area (Å²) in [5, 5.41) is 6.79. The van der Waals surface area contributed by atoms with Gasteiger partial charge in [0.15, 0.2) is 0 Å². The lowest BCUT2D eigenvalue weighted by molar-refractivity contribution is 0.0950. The molecule has 3 rings (SSSR count). The molecule has 0 aliphatic heterocycles. The predicted molar refractivity (Wildman–Crippen MR) is 107 cm³/mol. The zero-order valence-electron chi connectivity index (χ0n) is 16.0. The van der Waals surface area contributed by atoms with E-state index in [9.17, 15) is 9.18 Å². The molecule has 3 aromatic rings. The number of amides is 1. The first-order valence-electron chi connectivity index (χ1n) is 8.90. The number of methoxy groups -OCH3 is 1. The van der Waals surface area contributed by atoms with Crippen LogP contribution >= 0.6 is 11.6 Å². The van der Waals surface area contributed by atoms with E-state index >= 15 is 0 Å². The number of ether oxygens (including phenoxy) is 2. The lowest BCUT2D eigenvalue weighted by Crippen LogP contribution is -2.23. The molecule has 29 heavy (non-hydrogen) atoms. The Kier molecular flexibility index (Phi) is 6.85. The number of nitrogens with zero attached hydrogens (tertiary/aromatic N) is 1. The minimum absolute atomic E-state index is 0.0359. The molecule has 1 amide bonds. The monoisotopic (exact) mass is 418 g/mol. The van der Waals surface area contributed by atoms with Gasteiger partial charge in [0.25, 0.3) is 5.91 Å². The molecule has 0 aliphatic rings. The van der Waals surface area contributed by atoms with Gasteiger partial charge in [-0.15, -0.1) is 0 Å². The molecule has 6 nitrogen and oxygen atoms in total. The number of aromatic nitrogens is 1. The van der Waals surface area contributed by atoms with E-state index in [4.69, 9.17) is 25.6 Å². The summed E-state index contributed by atoms with van der Waals surface area (Å²) < 4.78 is 29.8. The first kappa shape index (κ1) is 20.8. The molecule has 0 radical (unpaired) electrons. The SMILES string of the molecule is COCCOc1ccc(CNC(=O)c2c(-c3c(F)cccc3Cl)noc2C)cc1. The molecule has 0 unspecified atom stereocenters. The number of hydrogen-bond donors (Lipinski definition) is 1. The van der Waals surface area contributed by atoms with E-state index in [1.807, 2.05) is 24.3 Å². The molecular formula is C21H20ClFN2O4. The van der Waals surface area contributed by atoms with E-state index in [-0.39, 0.29) is 34.1 Å². The Balaban J connectivity index is 1.71. The molecule has 0 saturated carbocycles. The number of carbonyl (C=O) groups excluding carboxylic acids is 1. The lowest BCUT2D eigenvalue weighted by Gasteiger charge is -2.09. The summed E-state index contributed by atoms with van der Waals surface area (Å²) in [7, 11) is 1.61. The van der Waals surface area contributed by atoms with Crippen molar-refractivity contribution in [2.75, 3.05) is 20.3 Å². The van der Waals surface area contributed by atoms with E-state index in [1.54, 1.807) is 14.0 Å². The van der Waals surface area contributed by atoms with E-state index in [2.05, 4.69) is 10.5 Å². The summed E-state index contributed by atoms with van der Waals surface area (Å²) in [6, 6.07) is 11.6. The summed E-state index contributed by atoms with van der Waals surface area (Å²) in [6.07, 6.45) is 0. The predicted octanol–water partition coefficient (Wildman–Crippen LogP) is 4.40. The second-order valence-electron chi connectivity index (χ2n) is 6.23. The molecule has 0 bridgehead atoms. The number of carbonyl (C=O) groups is 1. The van der Waals surface area contributed by atoms with Gasteiger partial charge in [0.05, 0.1) is 17.2 Å². The van der Waals surface area contributed by atoms with Crippen molar-refractivity contribution in [3.8, 4) is 17.0 Å². The van der Waals surface area contributed by atoms with Gasteiger partial charge in [0.2, 0.25) is 0 Å². The van der Waals surface area contributed by atoms with E-state index < -0.39 is 11.7 Å². The topological polar surface area (TPSA) is 73.6 Å². The van der Waals surface area contributed by atoms with Crippen LogP contribution in [0.3, 0.4) is 0 Å². The molecule has 2 aromatic carbocycles. The van der Waals surface area contributed by atoms with Gasteiger partial charge in [0.1, 0.15) is 35.2 Å². The smallest absolute Gasteiger partial charge is 0.257 e. The third-order valence-electron chi connectivity index (χ3n) is 4.22. The van der Waals surface area contributed by atoms with Gasteiger partial charge in [-0.25, -0.2) is 4.39 Å². The van der Waals surface area contributed by atoms with Crippen LogP contribution in [0.25, 0.3) is 11.3 Å². The normalized spacial score (nSPS) is 10.8. The van der Waals surface area contributed by atoms with Gasteiger partial charge in [-0.05, 0) is 36.8 Å². The van der Waals surface area contributed by atoms with Crippen molar-refractivity contribution in [1.82, 2.24) is 10.5 Å². The third kappa shape index (κ3) is 4.93. The summed E-state index contributed by atoms with van der Waals surface area (Å²) in [5.41, 5.74) is 1.13. The zero-order valence-corrected chi connectivity index (χ0v) is 16.8. The Morgan fingerprint density at radius 2 is 1.97 bits per heavy atom. The summed E-state index contributed by atoms with van der Waals surface area (Å²) in [6.45, 7) is 2.82. The highest BCUT2D eigenvalue weighted by atomic mass is 35.5. The molecule has 152 valence electrons. The fourth-order valence-corrected chi connectivity index (χ4v) is 3.00. The van der Waals surface area contributed by atoms with Crippen molar-refractivity contribution in [3.63, 3.8) is 0 Å². The van der Waals surface area contributed by atoms with Crippen molar-refractivity contribution in [1.29, 1.82) is 0 Å². The van der Waals surface area contributed by atoms with Crippen molar-refractivity contribution < 1.29 is 23.2 Å². The molecule has 1 aromatic heterocycles. The number of hydrogen-bond acceptors (Lipinski definition) is 5. The minimum Gasteiger partial charge on any atom is -0.491 e. The minimum atomic E-state index is -0.580. The van der Waals surface area contributed by atoms with Gasteiger partial charge in [-0.1, -0.05) is 35.0 Å². The van der Waals surface area contributed by atoms with Gasteiger partial charge >= 0.3 is 0 Å². The zero-order chi connectivity index (χ0) is 20.8. The standard InChI is InChI=1S/C21H20ClFN2O4/c1-13-18(20(25-29-13)19-16(22)4-3-5-17(19)23)21(26)24-12-14-6-8-15(9-7-14)28-11-10-27-2/h3-9H,10-12H2,1-2H3,(H,24,26). The summed E-state index contributed by atoms with van der Waals surface area (Å²) in [4.78, 5) is 12.7. The van der Waals surface area contributed by atoms with Gasteiger partial charge in [-0.3, -0.25) is 4.79 Å². The molecule has 1 N–H and O–H groups in total. The van der Waals surface area contributed by atoms with Gasteiger partial charge < -0.3 is 19.3 Å². The maximum atomic E-state index is 14.3. The summed E-state index contributed by atoms with van der Waals surface area (Å²) >= 11 is 6.11. The number of nitrogens with one attached hydrogen (secondary N) is 1. The molecule has 8 heteroatoms.